The first-order chi connectivity index (χ1) is 15.0. The van der Waals surface area contributed by atoms with Gasteiger partial charge in [0.1, 0.15) is 11.5 Å². The second-order valence-electron chi connectivity index (χ2n) is 10.1. The minimum Gasteiger partial charge on any atom is -0.426 e. The summed E-state index contributed by atoms with van der Waals surface area (Å²) >= 11 is 0. The molecule has 0 saturated carbocycles. The second kappa shape index (κ2) is 9.09. The van der Waals surface area contributed by atoms with Gasteiger partial charge in [0.2, 0.25) is 0 Å². The zero-order valence-corrected chi connectivity index (χ0v) is 20.5. The summed E-state index contributed by atoms with van der Waals surface area (Å²) in [4.78, 5) is 24.5. The minimum atomic E-state index is -0.239. The van der Waals surface area contributed by atoms with E-state index in [-0.39, 0.29) is 34.6 Å². The lowest BCUT2D eigenvalue weighted by Crippen LogP contribution is -2.23. The minimum absolute atomic E-state index is 0.00890. The van der Waals surface area contributed by atoms with Gasteiger partial charge in [0.05, 0.1) is 11.8 Å². The van der Waals surface area contributed by atoms with Crippen LogP contribution >= 0.6 is 0 Å². The van der Waals surface area contributed by atoms with Crippen molar-refractivity contribution in [2.45, 2.75) is 78.6 Å². The van der Waals surface area contributed by atoms with E-state index in [0.717, 1.165) is 24.8 Å². The number of carbonyl (C=O) groups excluding carboxylic acids is 2. The van der Waals surface area contributed by atoms with Crippen LogP contribution in [0.15, 0.2) is 42.5 Å². The number of ether oxygens (including phenoxy) is 2. The first-order valence-corrected chi connectivity index (χ1v) is 11.7. The van der Waals surface area contributed by atoms with Crippen molar-refractivity contribution in [2.24, 2.45) is 11.8 Å². The Hall–Kier alpha value is -2.62. The summed E-state index contributed by atoms with van der Waals surface area (Å²) in [6.45, 7) is 14.5. The maximum Gasteiger partial charge on any atom is 0.314 e. The van der Waals surface area contributed by atoms with Gasteiger partial charge in [0.15, 0.2) is 0 Å². The van der Waals surface area contributed by atoms with Crippen LogP contribution in [0.2, 0.25) is 0 Å². The van der Waals surface area contributed by atoms with Crippen molar-refractivity contribution in [2.75, 3.05) is 0 Å². The molecule has 0 aromatic heterocycles. The van der Waals surface area contributed by atoms with Crippen LogP contribution in [0.4, 0.5) is 0 Å². The molecular formula is C28H36O4. The van der Waals surface area contributed by atoms with Crippen molar-refractivity contribution in [3.8, 4) is 11.5 Å². The molecule has 0 heterocycles. The lowest BCUT2D eigenvalue weighted by molar-refractivity contribution is -0.139. The standard InChI is InChI=1S/C28H36O4/c1-8-18(3)25(29)31-21-12-10-20(11-13-21)28(7)17-27(5,6)23-15-14-22(16-24(23)28)32-26(30)19(4)9-2/h10-16,18-19H,8-9,17H2,1-7H3/t18?,19?,28-/m0/s1. The van der Waals surface area contributed by atoms with E-state index in [1.54, 1.807) is 0 Å². The van der Waals surface area contributed by atoms with Gasteiger partial charge in [-0.15, -0.1) is 0 Å². The van der Waals surface area contributed by atoms with Crippen molar-refractivity contribution in [3.05, 3.63) is 59.2 Å². The molecule has 3 atom stereocenters. The van der Waals surface area contributed by atoms with Gasteiger partial charge in [0.25, 0.3) is 0 Å². The van der Waals surface area contributed by atoms with E-state index in [1.165, 1.54) is 11.1 Å². The number of fused-ring (bicyclic) bond motifs is 1. The molecule has 1 aliphatic rings. The lowest BCUT2D eigenvalue weighted by Gasteiger charge is -2.28. The third kappa shape index (κ3) is 4.60. The van der Waals surface area contributed by atoms with Crippen LogP contribution in [0.5, 0.6) is 11.5 Å². The zero-order valence-electron chi connectivity index (χ0n) is 20.5. The highest BCUT2D eigenvalue weighted by atomic mass is 16.5. The lowest BCUT2D eigenvalue weighted by atomic mass is 9.75. The topological polar surface area (TPSA) is 52.6 Å². The van der Waals surface area contributed by atoms with Crippen LogP contribution in [-0.2, 0) is 20.4 Å². The molecule has 0 N–H and O–H groups in total. The monoisotopic (exact) mass is 436 g/mol. The third-order valence-electron chi connectivity index (χ3n) is 7.07. The average molecular weight is 437 g/mol. The summed E-state index contributed by atoms with van der Waals surface area (Å²) in [6, 6.07) is 13.9. The van der Waals surface area contributed by atoms with Crippen LogP contribution in [-0.4, -0.2) is 11.9 Å². The molecule has 0 radical (unpaired) electrons. The average Bonchev–Trinajstić information content (AvgIpc) is 2.98. The van der Waals surface area contributed by atoms with Gasteiger partial charge in [-0.05, 0) is 65.6 Å². The molecule has 0 bridgehead atoms. The van der Waals surface area contributed by atoms with Crippen molar-refractivity contribution < 1.29 is 19.1 Å². The SMILES string of the molecule is CCC(C)C(=O)Oc1ccc([C@]2(C)CC(C)(C)c3ccc(OC(=O)C(C)CC)cc32)cc1. The summed E-state index contributed by atoms with van der Waals surface area (Å²) in [5.74, 6) is 0.516. The smallest absolute Gasteiger partial charge is 0.314 e. The molecule has 1 aliphatic carbocycles. The van der Waals surface area contributed by atoms with E-state index in [9.17, 15) is 9.59 Å². The molecule has 172 valence electrons. The summed E-state index contributed by atoms with van der Waals surface area (Å²) in [5.41, 5.74) is 3.36. The molecule has 4 heteroatoms. The largest absolute Gasteiger partial charge is 0.426 e. The van der Waals surface area contributed by atoms with Gasteiger partial charge in [-0.3, -0.25) is 9.59 Å². The highest BCUT2D eigenvalue weighted by molar-refractivity contribution is 5.75. The Labute approximate surface area is 192 Å². The first-order valence-electron chi connectivity index (χ1n) is 11.7. The maximum absolute atomic E-state index is 12.3. The van der Waals surface area contributed by atoms with E-state index >= 15 is 0 Å². The van der Waals surface area contributed by atoms with Gasteiger partial charge in [-0.2, -0.15) is 0 Å². The van der Waals surface area contributed by atoms with Crippen molar-refractivity contribution in [1.82, 2.24) is 0 Å². The Balaban J connectivity index is 1.92. The predicted octanol–water partition coefficient (Wildman–Crippen LogP) is 6.58. The summed E-state index contributed by atoms with van der Waals surface area (Å²) in [7, 11) is 0. The molecule has 0 amide bonds. The van der Waals surface area contributed by atoms with Gasteiger partial charge < -0.3 is 9.47 Å². The Bertz CT molecular complexity index is 989. The van der Waals surface area contributed by atoms with Gasteiger partial charge in [-0.1, -0.05) is 66.7 Å². The molecule has 0 spiro atoms. The fraction of sp³-hybridized carbons (Fsp3) is 0.500. The summed E-state index contributed by atoms with van der Waals surface area (Å²) < 4.78 is 11.2. The van der Waals surface area contributed by atoms with E-state index in [2.05, 4.69) is 26.8 Å². The molecule has 2 unspecified atom stereocenters. The maximum atomic E-state index is 12.3. The Kier molecular flexibility index (Phi) is 6.83. The molecule has 4 nitrogen and oxygen atoms in total. The van der Waals surface area contributed by atoms with Crippen LogP contribution < -0.4 is 9.47 Å². The van der Waals surface area contributed by atoms with Crippen LogP contribution in [0.3, 0.4) is 0 Å². The van der Waals surface area contributed by atoms with Crippen LogP contribution in [0.25, 0.3) is 0 Å². The predicted molar refractivity (Wildman–Crippen MR) is 127 cm³/mol. The second-order valence-corrected chi connectivity index (χ2v) is 10.1. The third-order valence-corrected chi connectivity index (χ3v) is 7.07. The fourth-order valence-electron chi connectivity index (χ4n) is 4.62. The number of hydrogen-bond donors (Lipinski definition) is 0. The quantitative estimate of drug-likeness (QED) is 0.363. The highest BCUT2D eigenvalue weighted by Gasteiger charge is 2.46. The first kappa shape index (κ1) is 24.0. The van der Waals surface area contributed by atoms with Gasteiger partial charge in [-0.25, -0.2) is 0 Å². The zero-order chi connectivity index (χ0) is 23.7. The molecular weight excluding hydrogens is 400 g/mol. The van der Waals surface area contributed by atoms with Gasteiger partial charge in [0, 0.05) is 5.41 Å². The Morgan fingerprint density at radius 2 is 1.31 bits per heavy atom. The highest BCUT2D eigenvalue weighted by Crippen LogP contribution is 2.53. The van der Waals surface area contributed by atoms with E-state index in [1.807, 2.05) is 64.1 Å². The van der Waals surface area contributed by atoms with E-state index < -0.39 is 0 Å². The van der Waals surface area contributed by atoms with E-state index in [0.29, 0.717) is 11.5 Å². The van der Waals surface area contributed by atoms with Crippen LogP contribution in [0, 0.1) is 11.8 Å². The Morgan fingerprint density at radius 1 is 0.812 bits per heavy atom. The number of esters is 2. The number of benzene rings is 2. The molecule has 2 aromatic rings. The van der Waals surface area contributed by atoms with E-state index in [4.69, 9.17) is 9.47 Å². The Morgan fingerprint density at radius 3 is 1.84 bits per heavy atom. The van der Waals surface area contributed by atoms with Crippen molar-refractivity contribution in [3.63, 3.8) is 0 Å². The molecule has 3 rings (SSSR count). The molecule has 32 heavy (non-hydrogen) atoms. The van der Waals surface area contributed by atoms with Crippen LogP contribution in [0.1, 0.15) is 84.4 Å². The molecule has 0 saturated heterocycles. The summed E-state index contributed by atoms with van der Waals surface area (Å²) in [5, 5.41) is 0. The fourth-order valence-corrected chi connectivity index (χ4v) is 4.62. The van der Waals surface area contributed by atoms with Crippen molar-refractivity contribution >= 4 is 11.9 Å². The number of rotatable bonds is 7. The summed E-state index contributed by atoms with van der Waals surface area (Å²) in [6.07, 6.45) is 2.44. The molecule has 0 fully saturated rings. The van der Waals surface area contributed by atoms with Gasteiger partial charge >= 0.3 is 11.9 Å². The number of hydrogen-bond acceptors (Lipinski definition) is 4. The van der Waals surface area contributed by atoms with Crippen molar-refractivity contribution in [1.29, 1.82) is 0 Å². The number of carbonyl (C=O) groups is 2. The molecule has 2 aromatic carbocycles. The molecule has 0 aliphatic heterocycles. The normalized spacial score (nSPS) is 20.8.